The Morgan fingerprint density at radius 1 is 1.00 bits per heavy atom. The maximum atomic E-state index is 13.3. The number of nitro groups is 1. The second kappa shape index (κ2) is 11.3. The fraction of sp³-hybridized carbons (Fsp3) is 0.458. The number of nitro benzene ring substituents is 1. The molecule has 0 radical (unpaired) electrons. The zero-order valence-corrected chi connectivity index (χ0v) is 21.2. The first-order valence-electron chi connectivity index (χ1n) is 11.7. The summed E-state index contributed by atoms with van der Waals surface area (Å²) in [7, 11) is 0. The fourth-order valence-electron chi connectivity index (χ4n) is 4.60. The number of benzene rings is 2. The lowest BCUT2D eigenvalue weighted by Gasteiger charge is -2.37. The molecule has 0 bridgehead atoms. The molecule has 0 spiro atoms. The zero-order valence-electron chi connectivity index (χ0n) is 19.7. The summed E-state index contributed by atoms with van der Waals surface area (Å²) >= 11 is 12.2. The van der Waals surface area contributed by atoms with Crippen LogP contribution >= 0.6 is 23.2 Å². The lowest BCUT2D eigenvalue weighted by atomic mass is 10.1. The quantitative estimate of drug-likeness (QED) is 0.354. The Balaban J connectivity index is 1.24. The molecule has 1 amide bonds. The van der Waals surface area contributed by atoms with Crippen LogP contribution in [0.1, 0.15) is 18.4 Å². The standard InChI is InChI=1S/C24H25Cl2F3N4O4/c25-16-1-3-22(20(26)13-16)31-9-11-32(12-10-31)23(34)15-37-18-5-7-30(8-6-18)17-2-4-21(33(35)36)19(14-17)24(27,28)29/h1-4,13-14,18H,5-12,15H2. The van der Waals surface area contributed by atoms with Gasteiger partial charge in [0.05, 0.1) is 21.7 Å². The molecule has 0 aliphatic carbocycles. The number of nitrogens with zero attached hydrogens (tertiary/aromatic N) is 4. The fourth-order valence-corrected chi connectivity index (χ4v) is 5.13. The summed E-state index contributed by atoms with van der Waals surface area (Å²) < 4.78 is 45.7. The van der Waals surface area contributed by atoms with Crippen molar-refractivity contribution in [1.82, 2.24) is 4.90 Å². The summed E-state index contributed by atoms with van der Waals surface area (Å²) in [6.07, 6.45) is -3.98. The highest BCUT2D eigenvalue weighted by molar-refractivity contribution is 6.36. The predicted octanol–water partition coefficient (Wildman–Crippen LogP) is 5.25. The van der Waals surface area contributed by atoms with Crippen molar-refractivity contribution in [3.63, 3.8) is 0 Å². The van der Waals surface area contributed by atoms with E-state index < -0.39 is 22.4 Å². The maximum Gasteiger partial charge on any atom is 0.423 e. The van der Waals surface area contributed by atoms with Gasteiger partial charge in [-0.25, -0.2) is 0 Å². The van der Waals surface area contributed by atoms with Crippen molar-refractivity contribution in [1.29, 1.82) is 0 Å². The first kappa shape index (κ1) is 27.3. The predicted molar refractivity (Wildman–Crippen MR) is 135 cm³/mol. The van der Waals surface area contributed by atoms with Gasteiger partial charge in [0.2, 0.25) is 5.91 Å². The van der Waals surface area contributed by atoms with E-state index in [2.05, 4.69) is 4.90 Å². The van der Waals surface area contributed by atoms with Gasteiger partial charge in [0.1, 0.15) is 12.2 Å². The molecule has 2 aromatic rings. The van der Waals surface area contributed by atoms with Crippen LogP contribution < -0.4 is 9.80 Å². The molecule has 0 atom stereocenters. The highest BCUT2D eigenvalue weighted by Crippen LogP contribution is 2.39. The van der Waals surface area contributed by atoms with Crippen LogP contribution in [0.5, 0.6) is 0 Å². The number of anilines is 2. The van der Waals surface area contributed by atoms with E-state index in [1.54, 1.807) is 21.9 Å². The minimum absolute atomic E-state index is 0.0673. The molecule has 37 heavy (non-hydrogen) atoms. The van der Waals surface area contributed by atoms with Gasteiger partial charge in [-0.05, 0) is 43.2 Å². The van der Waals surface area contributed by atoms with Crippen LogP contribution in [0.3, 0.4) is 0 Å². The number of carbonyl (C=O) groups is 1. The zero-order chi connectivity index (χ0) is 26.7. The second-order valence-electron chi connectivity index (χ2n) is 8.92. The first-order chi connectivity index (χ1) is 17.5. The molecule has 2 aliphatic heterocycles. The molecule has 2 aliphatic rings. The highest BCUT2D eigenvalue weighted by atomic mass is 35.5. The Hall–Kier alpha value is -2.76. The van der Waals surface area contributed by atoms with E-state index in [9.17, 15) is 28.1 Å². The SMILES string of the molecule is O=C(COC1CCN(c2ccc([N+](=O)[O-])c(C(F)(F)F)c2)CC1)N1CCN(c2ccc(Cl)cc2Cl)CC1. The van der Waals surface area contributed by atoms with Crippen molar-refractivity contribution in [3.05, 3.63) is 62.1 Å². The van der Waals surface area contributed by atoms with E-state index in [1.807, 2.05) is 6.07 Å². The third-order valence-electron chi connectivity index (χ3n) is 6.61. The van der Waals surface area contributed by atoms with Crippen LogP contribution in [0, 0.1) is 10.1 Å². The average Bonchev–Trinajstić information content (AvgIpc) is 2.87. The minimum Gasteiger partial charge on any atom is -0.371 e. The number of piperidine rings is 1. The van der Waals surface area contributed by atoms with Gasteiger partial charge >= 0.3 is 6.18 Å². The molecule has 4 rings (SSSR count). The van der Waals surface area contributed by atoms with E-state index in [4.69, 9.17) is 27.9 Å². The van der Waals surface area contributed by atoms with Crippen LogP contribution in [0.15, 0.2) is 36.4 Å². The minimum atomic E-state index is -4.83. The van der Waals surface area contributed by atoms with E-state index in [0.29, 0.717) is 62.2 Å². The molecule has 0 unspecified atom stereocenters. The largest absolute Gasteiger partial charge is 0.423 e. The first-order valence-corrected chi connectivity index (χ1v) is 12.5. The summed E-state index contributed by atoms with van der Waals surface area (Å²) in [6, 6.07) is 8.36. The Morgan fingerprint density at radius 2 is 1.68 bits per heavy atom. The van der Waals surface area contributed by atoms with E-state index in [-0.39, 0.29) is 24.3 Å². The Kier molecular flexibility index (Phi) is 8.35. The van der Waals surface area contributed by atoms with E-state index >= 15 is 0 Å². The van der Waals surface area contributed by atoms with Crippen LogP contribution in [-0.4, -0.2) is 67.7 Å². The number of hydrogen-bond donors (Lipinski definition) is 0. The summed E-state index contributed by atoms with van der Waals surface area (Å²) in [5.41, 5.74) is -1.09. The molecular formula is C24H25Cl2F3N4O4. The Morgan fingerprint density at radius 3 is 2.27 bits per heavy atom. The topological polar surface area (TPSA) is 79.2 Å². The normalized spacial score (nSPS) is 17.3. The van der Waals surface area contributed by atoms with Crippen molar-refractivity contribution < 1.29 is 27.6 Å². The van der Waals surface area contributed by atoms with Gasteiger partial charge in [0, 0.05) is 56.0 Å². The summed E-state index contributed by atoms with van der Waals surface area (Å²) in [5.74, 6) is -0.116. The van der Waals surface area contributed by atoms with Crippen molar-refractivity contribution in [2.24, 2.45) is 0 Å². The smallest absolute Gasteiger partial charge is 0.371 e. The third kappa shape index (κ3) is 6.58. The van der Waals surface area contributed by atoms with Crippen LogP contribution in [0.25, 0.3) is 0 Å². The maximum absolute atomic E-state index is 13.3. The lowest BCUT2D eigenvalue weighted by Crippen LogP contribution is -2.50. The van der Waals surface area contributed by atoms with Crippen LogP contribution in [0.2, 0.25) is 10.0 Å². The van der Waals surface area contributed by atoms with Crippen molar-refractivity contribution in [3.8, 4) is 0 Å². The van der Waals surface area contributed by atoms with E-state index in [1.165, 1.54) is 6.07 Å². The number of halogens is 5. The molecule has 0 saturated carbocycles. The molecule has 13 heteroatoms. The molecule has 0 N–H and O–H groups in total. The van der Waals surface area contributed by atoms with Gasteiger partial charge in [0.15, 0.2) is 0 Å². The van der Waals surface area contributed by atoms with Crippen molar-refractivity contribution in [2.75, 3.05) is 55.7 Å². The summed E-state index contributed by atoms with van der Waals surface area (Å²) in [4.78, 5) is 28.2. The second-order valence-corrected chi connectivity index (χ2v) is 9.76. The van der Waals surface area contributed by atoms with Crippen molar-refractivity contribution >= 4 is 46.2 Å². The Bertz CT molecular complexity index is 1150. The molecule has 2 fully saturated rings. The number of hydrogen-bond acceptors (Lipinski definition) is 6. The van der Waals surface area contributed by atoms with Crippen LogP contribution in [0.4, 0.5) is 30.2 Å². The third-order valence-corrected chi connectivity index (χ3v) is 7.15. The molecular weight excluding hydrogens is 536 g/mol. The number of amides is 1. The molecule has 200 valence electrons. The summed E-state index contributed by atoms with van der Waals surface area (Å²) in [6.45, 7) is 3.06. The van der Waals surface area contributed by atoms with Gasteiger partial charge in [0.25, 0.3) is 5.69 Å². The number of alkyl halides is 3. The van der Waals surface area contributed by atoms with Gasteiger partial charge in [-0.3, -0.25) is 14.9 Å². The Labute approximate surface area is 221 Å². The van der Waals surface area contributed by atoms with Crippen LogP contribution in [-0.2, 0) is 15.7 Å². The lowest BCUT2D eigenvalue weighted by molar-refractivity contribution is -0.388. The average molecular weight is 561 g/mol. The molecule has 2 aromatic carbocycles. The number of rotatable bonds is 6. The van der Waals surface area contributed by atoms with Gasteiger partial charge in [-0.2, -0.15) is 13.2 Å². The van der Waals surface area contributed by atoms with Gasteiger partial charge in [-0.15, -0.1) is 0 Å². The summed E-state index contributed by atoms with van der Waals surface area (Å²) in [5, 5.41) is 12.1. The number of piperazine rings is 1. The molecule has 8 nitrogen and oxygen atoms in total. The highest BCUT2D eigenvalue weighted by Gasteiger charge is 2.39. The van der Waals surface area contributed by atoms with E-state index in [0.717, 1.165) is 17.8 Å². The molecule has 0 aromatic heterocycles. The van der Waals surface area contributed by atoms with Gasteiger partial charge in [-0.1, -0.05) is 23.2 Å². The van der Waals surface area contributed by atoms with Gasteiger partial charge < -0.3 is 19.4 Å². The number of ether oxygens (including phenoxy) is 1. The monoisotopic (exact) mass is 560 g/mol. The molecule has 2 saturated heterocycles. The number of carbonyl (C=O) groups excluding carboxylic acids is 1. The molecule has 2 heterocycles. The van der Waals surface area contributed by atoms with Crippen molar-refractivity contribution in [2.45, 2.75) is 25.1 Å².